The molecule has 0 unspecified atom stereocenters. The first-order valence-electron chi connectivity index (χ1n) is 8.73. The highest BCUT2D eigenvalue weighted by Crippen LogP contribution is 2.38. The minimum atomic E-state index is 0.275. The topological polar surface area (TPSA) is 51.2 Å². The maximum absolute atomic E-state index is 11.9. The van der Waals surface area contributed by atoms with Gasteiger partial charge in [0.05, 0.1) is 7.11 Å². The van der Waals surface area contributed by atoms with Crippen molar-refractivity contribution in [2.24, 2.45) is 0 Å². The molecule has 0 N–H and O–H groups in total. The number of hydrogen-bond donors (Lipinski definition) is 0. The Bertz CT molecular complexity index is 626. The number of likely N-dealkylation sites (tertiary alicyclic amines) is 2. The van der Waals surface area contributed by atoms with Crippen LogP contribution >= 0.6 is 0 Å². The van der Waals surface area contributed by atoms with Gasteiger partial charge in [0.1, 0.15) is 5.75 Å². The highest BCUT2D eigenvalue weighted by molar-refractivity contribution is 5.78. The lowest BCUT2D eigenvalue weighted by Crippen LogP contribution is -2.45. The van der Waals surface area contributed by atoms with Crippen LogP contribution in [0.25, 0.3) is 0 Å². The van der Waals surface area contributed by atoms with E-state index in [4.69, 9.17) is 14.2 Å². The largest absolute Gasteiger partial charge is 0.496 e. The average Bonchev–Trinajstić information content (AvgIpc) is 3.23. The van der Waals surface area contributed by atoms with Gasteiger partial charge in [-0.2, -0.15) is 0 Å². The molecule has 1 aromatic rings. The zero-order valence-corrected chi connectivity index (χ0v) is 14.1. The van der Waals surface area contributed by atoms with E-state index in [0.717, 1.165) is 74.7 Å². The van der Waals surface area contributed by atoms with Crippen LogP contribution in [0.4, 0.5) is 0 Å². The highest BCUT2D eigenvalue weighted by Gasteiger charge is 2.31. The molecule has 0 saturated carbocycles. The van der Waals surface area contributed by atoms with Crippen LogP contribution in [-0.4, -0.2) is 55.3 Å². The van der Waals surface area contributed by atoms with E-state index in [1.807, 2.05) is 12.1 Å². The van der Waals surface area contributed by atoms with Gasteiger partial charge in [-0.15, -0.1) is 0 Å². The number of piperidine rings is 1. The fourth-order valence-electron chi connectivity index (χ4n) is 3.96. The molecule has 2 saturated heterocycles. The second-order valence-electron chi connectivity index (χ2n) is 6.72. The standard InChI is InChI=1S/C18H24N2O4/c1-22-15-10-17-16(23-12-24-17)9-13(15)11-19-7-4-14(5-8-19)20-6-2-3-18(20)21/h9-10,14H,2-8,11-12H2,1H3. The molecule has 4 rings (SSSR count). The lowest BCUT2D eigenvalue weighted by Gasteiger charge is -2.36. The van der Waals surface area contributed by atoms with E-state index < -0.39 is 0 Å². The van der Waals surface area contributed by atoms with Crippen molar-refractivity contribution in [2.45, 2.75) is 38.3 Å². The fourth-order valence-corrected chi connectivity index (χ4v) is 3.96. The molecule has 0 atom stereocenters. The van der Waals surface area contributed by atoms with Gasteiger partial charge in [-0.3, -0.25) is 9.69 Å². The van der Waals surface area contributed by atoms with Gasteiger partial charge in [0.15, 0.2) is 11.5 Å². The molecule has 0 aliphatic carbocycles. The predicted octanol–water partition coefficient (Wildman–Crippen LogP) is 2.01. The third kappa shape index (κ3) is 2.90. The maximum atomic E-state index is 11.9. The Kier molecular flexibility index (Phi) is 4.22. The Balaban J connectivity index is 1.39. The van der Waals surface area contributed by atoms with Gasteiger partial charge >= 0.3 is 0 Å². The number of amides is 1. The fraction of sp³-hybridized carbons (Fsp3) is 0.611. The third-order valence-corrected chi connectivity index (χ3v) is 5.28. The van der Waals surface area contributed by atoms with Crippen LogP contribution in [-0.2, 0) is 11.3 Å². The van der Waals surface area contributed by atoms with Gasteiger partial charge in [0, 0.05) is 50.3 Å². The molecule has 2 fully saturated rings. The zero-order valence-electron chi connectivity index (χ0n) is 14.1. The highest BCUT2D eigenvalue weighted by atomic mass is 16.7. The average molecular weight is 332 g/mol. The second kappa shape index (κ2) is 6.51. The van der Waals surface area contributed by atoms with E-state index in [1.54, 1.807) is 7.11 Å². The summed E-state index contributed by atoms with van der Waals surface area (Å²) in [5.74, 6) is 2.73. The van der Waals surface area contributed by atoms with Crippen LogP contribution in [0.15, 0.2) is 12.1 Å². The first-order valence-corrected chi connectivity index (χ1v) is 8.73. The van der Waals surface area contributed by atoms with Crippen LogP contribution in [0.1, 0.15) is 31.2 Å². The van der Waals surface area contributed by atoms with Crippen molar-refractivity contribution in [3.8, 4) is 17.2 Å². The van der Waals surface area contributed by atoms with Crippen LogP contribution in [0.3, 0.4) is 0 Å². The monoisotopic (exact) mass is 332 g/mol. The molecular formula is C18H24N2O4. The predicted molar refractivity (Wildman–Crippen MR) is 88.4 cm³/mol. The molecule has 3 aliphatic heterocycles. The van der Waals surface area contributed by atoms with E-state index in [2.05, 4.69) is 9.80 Å². The molecule has 0 aromatic heterocycles. The molecular weight excluding hydrogens is 308 g/mol. The normalized spacial score (nSPS) is 21.5. The first kappa shape index (κ1) is 15.6. The number of methoxy groups -OCH3 is 1. The van der Waals surface area contributed by atoms with E-state index in [9.17, 15) is 4.79 Å². The molecule has 0 bridgehead atoms. The summed E-state index contributed by atoms with van der Waals surface area (Å²) in [6.45, 7) is 4.06. The lowest BCUT2D eigenvalue weighted by atomic mass is 10.0. The van der Waals surface area contributed by atoms with Gasteiger partial charge in [0.2, 0.25) is 12.7 Å². The summed E-state index contributed by atoms with van der Waals surface area (Å²) < 4.78 is 16.4. The lowest BCUT2D eigenvalue weighted by molar-refractivity contribution is -0.130. The van der Waals surface area contributed by atoms with Crippen molar-refractivity contribution in [3.05, 3.63) is 17.7 Å². The molecule has 130 valence electrons. The summed E-state index contributed by atoms with van der Waals surface area (Å²) in [5, 5.41) is 0. The van der Waals surface area contributed by atoms with Gasteiger partial charge in [-0.1, -0.05) is 0 Å². The summed E-state index contributed by atoms with van der Waals surface area (Å²) >= 11 is 0. The van der Waals surface area contributed by atoms with E-state index in [1.165, 1.54) is 0 Å². The van der Waals surface area contributed by atoms with E-state index in [0.29, 0.717) is 11.9 Å². The molecule has 0 radical (unpaired) electrons. The number of fused-ring (bicyclic) bond motifs is 1. The Labute approximate surface area is 142 Å². The minimum absolute atomic E-state index is 0.275. The Morgan fingerprint density at radius 3 is 2.58 bits per heavy atom. The summed E-state index contributed by atoms with van der Waals surface area (Å²) in [4.78, 5) is 16.4. The number of ether oxygens (including phenoxy) is 3. The van der Waals surface area contributed by atoms with E-state index in [-0.39, 0.29) is 6.79 Å². The number of nitrogens with zero attached hydrogens (tertiary/aromatic N) is 2. The number of carbonyl (C=O) groups is 1. The van der Waals surface area contributed by atoms with Gasteiger partial charge in [0.25, 0.3) is 0 Å². The van der Waals surface area contributed by atoms with Gasteiger partial charge in [-0.05, 0) is 25.3 Å². The Hall–Kier alpha value is -1.95. The van der Waals surface area contributed by atoms with Crippen molar-refractivity contribution in [1.82, 2.24) is 9.80 Å². The molecule has 0 spiro atoms. The Morgan fingerprint density at radius 1 is 1.17 bits per heavy atom. The summed E-state index contributed by atoms with van der Waals surface area (Å²) in [7, 11) is 1.69. The van der Waals surface area contributed by atoms with Crippen LogP contribution in [0, 0.1) is 0 Å². The summed E-state index contributed by atoms with van der Waals surface area (Å²) in [6.07, 6.45) is 3.86. The quantitative estimate of drug-likeness (QED) is 0.844. The third-order valence-electron chi connectivity index (χ3n) is 5.28. The van der Waals surface area contributed by atoms with E-state index >= 15 is 0 Å². The van der Waals surface area contributed by atoms with Crippen LogP contribution < -0.4 is 14.2 Å². The van der Waals surface area contributed by atoms with Crippen molar-refractivity contribution < 1.29 is 19.0 Å². The van der Waals surface area contributed by atoms with Crippen LogP contribution in [0.5, 0.6) is 17.2 Å². The Morgan fingerprint density at radius 2 is 1.92 bits per heavy atom. The zero-order chi connectivity index (χ0) is 16.5. The second-order valence-corrected chi connectivity index (χ2v) is 6.72. The number of carbonyl (C=O) groups excluding carboxylic acids is 1. The van der Waals surface area contributed by atoms with Crippen molar-refractivity contribution in [3.63, 3.8) is 0 Å². The molecule has 3 heterocycles. The van der Waals surface area contributed by atoms with Gasteiger partial charge in [-0.25, -0.2) is 0 Å². The van der Waals surface area contributed by atoms with Crippen molar-refractivity contribution in [2.75, 3.05) is 33.5 Å². The number of hydrogen-bond acceptors (Lipinski definition) is 5. The number of rotatable bonds is 4. The summed E-state index contributed by atoms with van der Waals surface area (Å²) in [5.41, 5.74) is 1.12. The smallest absolute Gasteiger partial charge is 0.231 e. The first-order chi connectivity index (χ1) is 11.7. The molecule has 6 nitrogen and oxygen atoms in total. The molecule has 1 aromatic carbocycles. The van der Waals surface area contributed by atoms with Crippen molar-refractivity contribution >= 4 is 5.91 Å². The number of benzene rings is 1. The van der Waals surface area contributed by atoms with Crippen molar-refractivity contribution in [1.29, 1.82) is 0 Å². The maximum Gasteiger partial charge on any atom is 0.231 e. The SMILES string of the molecule is COc1cc2c(cc1CN1CCC(N3CCCC3=O)CC1)OCO2. The molecule has 1 amide bonds. The molecule has 3 aliphatic rings. The molecule has 24 heavy (non-hydrogen) atoms. The minimum Gasteiger partial charge on any atom is -0.496 e. The van der Waals surface area contributed by atoms with Crippen LogP contribution in [0.2, 0.25) is 0 Å². The molecule has 6 heteroatoms. The van der Waals surface area contributed by atoms with Gasteiger partial charge < -0.3 is 19.1 Å². The summed E-state index contributed by atoms with van der Waals surface area (Å²) in [6, 6.07) is 4.36.